The summed E-state index contributed by atoms with van der Waals surface area (Å²) in [6.07, 6.45) is 3.45. The van der Waals surface area contributed by atoms with Gasteiger partial charge in [-0.3, -0.25) is 4.79 Å². The summed E-state index contributed by atoms with van der Waals surface area (Å²) >= 11 is 0. The average Bonchev–Trinajstić information content (AvgIpc) is 2.49. The van der Waals surface area contributed by atoms with E-state index >= 15 is 0 Å². The van der Waals surface area contributed by atoms with Crippen LogP contribution < -0.4 is 5.32 Å². The number of nitrogens with one attached hydrogen (secondary N) is 1. The molecule has 0 aliphatic rings. The van der Waals surface area contributed by atoms with Crippen molar-refractivity contribution in [2.24, 2.45) is 10.8 Å². The first kappa shape index (κ1) is 22.2. The molecule has 1 aromatic rings. The van der Waals surface area contributed by atoms with Crippen molar-refractivity contribution in [2.75, 3.05) is 0 Å². The Morgan fingerprint density at radius 2 is 1.69 bits per heavy atom. The molecule has 2 heteroatoms. The fraction of sp³-hybridized carbons (Fsp3) is 0.542. The topological polar surface area (TPSA) is 29.1 Å². The first-order valence-corrected chi connectivity index (χ1v) is 9.58. The summed E-state index contributed by atoms with van der Waals surface area (Å²) in [6.45, 7) is 23.6. The summed E-state index contributed by atoms with van der Waals surface area (Å²) in [5.74, 6) is 0.0149. The molecule has 1 N–H and O–H groups in total. The Labute approximate surface area is 163 Å². The summed E-state index contributed by atoms with van der Waals surface area (Å²) in [6, 6.07) is 6.15. The molecule has 0 atom stereocenters. The minimum Gasteiger partial charge on any atom is -0.357 e. The predicted octanol–water partition coefficient (Wildman–Crippen LogP) is 6.77. The number of benzene rings is 1. The Kier molecular flexibility index (Phi) is 7.44. The molecular weight excluding hydrogens is 318 g/mol. The SMILES string of the molecule is C=C(CC(C)(C)CC(C)(C)CC)NC(=C)C(=O)Cc1ccc(C)c(C)c1.[HH].[HH]. The van der Waals surface area contributed by atoms with Gasteiger partial charge in [-0.05, 0) is 54.2 Å². The molecule has 26 heavy (non-hydrogen) atoms. The summed E-state index contributed by atoms with van der Waals surface area (Å²) in [7, 11) is 0. The van der Waals surface area contributed by atoms with Crippen LogP contribution in [0.1, 0.15) is 73.4 Å². The fourth-order valence-electron chi connectivity index (χ4n) is 3.59. The van der Waals surface area contributed by atoms with Gasteiger partial charge in [0.05, 0.1) is 5.70 Å². The second-order valence-corrected chi connectivity index (χ2v) is 9.26. The number of allylic oxidation sites excluding steroid dienone is 2. The van der Waals surface area contributed by atoms with Gasteiger partial charge >= 0.3 is 0 Å². The van der Waals surface area contributed by atoms with E-state index in [1.54, 1.807) is 0 Å². The van der Waals surface area contributed by atoms with E-state index in [2.05, 4.69) is 79.1 Å². The van der Waals surface area contributed by atoms with Crippen molar-refractivity contribution in [1.29, 1.82) is 0 Å². The molecule has 1 rings (SSSR count). The minimum atomic E-state index is 0. The Bertz CT molecular complexity index is 690. The monoisotopic (exact) mass is 359 g/mol. The lowest BCUT2D eigenvalue weighted by molar-refractivity contribution is -0.115. The van der Waals surface area contributed by atoms with Crippen LogP contribution in [0.4, 0.5) is 0 Å². The largest absolute Gasteiger partial charge is 0.357 e. The van der Waals surface area contributed by atoms with E-state index in [4.69, 9.17) is 0 Å². The van der Waals surface area contributed by atoms with Crippen LogP contribution in [0.3, 0.4) is 0 Å². The quantitative estimate of drug-likeness (QED) is 0.467. The molecular formula is C24H41NO. The Morgan fingerprint density at radius 3 is 2.23 bits per heavy atom. The van der Waals surface area contributed by atoms with Gasteiger partial charge < -0.3 is 5.32 Å². The molecule has 0 amide bonds. The number of rotatable bonds is 10. The van der Waals surface area contributed by atoms with E-state index in [1.807, 2.05) is 6.07 Å². The number of Topliss-reactive ketones (excluding diaryl/α,β-unsaturated/α-hetero) is 1. The highest BCUT2D eigenvalue weighted by Gasteiger charge is 2.28. The van der Waals surface area contributed by atoms with Crippen molar-refractivity contribution in [3.63, 3.8) is 0 Å². The number of hydrogen-bond acceptors (Lipinski definition) is 2. The molecule has 0 aliphatic carbocycles. The maximum atomic E-state index is 12.5. The minimum absolute atomic E-state index is 0. The van der Waals surface area contributed by atoms with E-state index in [0.29, 0.717) is 17.5 Å². The Morgan fingerprint density at radius 1 is 1.08 bits per heavy atom. The van der Waals surface area contributed by atoms with E-state index in [-0.39, 0.29) is 14.1 Å². The summed E-state index contributed by atoms with van der Waals surface area (Å²) in [4.78, 5) is 12.5. The van der Waals surface area contributed by atoms with E-state index in [1.165, 1.54) is 11.1 Å². The van der Waals surface area contributed by atoms with Gasteiger partial charge in [-0.1, -0.05) is 72.4 Å². The van der Waals surface area contributed by atoms with Crippen LogP contribution in [0.15, 0.2) is 42.8 Å². The van der Waals surface area contributed by atoms with Crippen LogP contribution in [0, 0.1) is 24.7 Å². The predicted molar refractivity (Wildman–Crippen MR) is 117 cm³/mol. The molecule has 0 aliphatic heterocycles. The first-order chi connectivity index (χ1) is 11.8. The lowest BCUT2D eigenvalue weighted by Gasteiger charge is -2.35. The van der Waals surface area contributed by atoms with Gasteiger partial charge in [0, 0.05) is 15.0 Å². The molecule has 0 unspecified atom stereocenters. The highest BCUT2D eigenvalue weighted by Crippen LogP contribution is 2.39. The Hall–Kier alpha value is -1.83. The van der Waals surface area contributed by atoms with Crippen LogP contribution in [-0.4, -0.2) is 5.78 Å². The van der Waals surface area contributed by atoms with Crippen molar-refractivity contribution in [1.82, 2.24) is 5.32 Å². The zero-order chi connectivity index (χ0) is 20.1. The van der Waals surface area contributed by atoms with Crippen molar-refractivity contribution in [3.05, 3.63) is 59.4 Å². The van der Waals surface area contributed by atoms with Crippen LogP contribution in [-0.2, 0) is 11.2 Å². The lowest BCUT2D eigenvalue weighted by Crippen LogP contribution is -2.27. The zero-order valence-corrected chi connectivity index (χ0v) is 17.9. The van der Waals surface area contributed by atoms with Crippen molar-refractivity contribution in [3.8, 4) is 0 Å². The molecule has 2 nitrogen and oxygen atoms in total. The number of carbonyl (C=O) groups excluding carboxylic acids is 1. The molecule has 0 fully saturated rings. The summed E-state index contributed by atoms with van der Waals surface area (Å²) < 4.78 is 0. The van der Waals surface area contributed by atoms with Crippen LogP contribution in [0.25, 0.3) is 0 Å². The standard InChI is InChI=1S/C24H37NO.2H2/c1-10-23(6,7)16-24(8,9)15-19(4)25-20(5)22(26)14-21-12-11-17(2)18(3)13-21;;/h11-13,25H,4-5,10,14-16H2,1-3,6-9H3;2*1H. The molecule has 148 valence electrons. The zero-order valence-electron chi connectivity index (χ0n) is 17.9. The number of carbonyl (C=O) groups is 1. The van der Waals surface area contributed by atoms with Crippen LogP contribution in [0.5, 0.6) is 0 Å². The van der Waals surface area contributed by atoms with Gasteiger partial charge in [0.15, 0.2) is 5.78 Å². The van der Waals surface area contributed by atoms with Gasteiger partial charge in [-0.2, -0.15) is 0 Å². The van der Waals surface area contributed by atoms with Crippen LogP contribution in [0.2, 0.25) is 0 Å². The highest BCUT2D eigenvalue weighted by molar-refractivity contribution is 5.96. The third kappa shape index (κ3) is 7.19. The first-order valence-electron chi connectivity index (χ1n) is 9.58. The summed E-state index contributed by atoms with van der Waals surface area (Å²) in [5.41, 5.74) is 5.19. The summed E-state index contributed by atoms with van der Waals surface area (Å²) in [5, 5.41) is 3.15. The molecule has 0 bridgehead atoms. The van der Waals surface area contributed by atoms with E-state index in [0.717, 1.165) is 30.5 Å². The van der Waals surface area contributed by atoms with Gasteiger partial charge in [0.1, 0.15) is 0 Å². The van der Waals surface area contributed by atoms with Gasteiger partial charge in [-0.25, -0.2) is 0 Å². The molecule has 0 radical (unpaired) electrons. The third-order valence-electron chi connectivity index (χ3n) is 5.21. The second kappa shape index (κ2) is 8.70. The Balaban J connectivity index is 0. The number of aryl methyl sites for hydroxylation is 2. The fourth-order valence-corrected chi connectivity index (χ4v) is 3.59. The molecule has 0 spiro atoms. The maximum absolute atomic E-state index is 12.5. The molecule has 0 saturated heterocycles. The smallest absolute Gasteiger partial charge is 0.182 e. The molecule has 0 heterocycles. The lowest BCUT2D eigenvalue weighted by atomic mass is 9.72. The van der Waals surface area contributed by atoms with E-state index < -0.39 is 0 Å². The van der Waals surface area contributed by atoms with Crippen molar-refractivity contribution in [2.45, 2.75) is 74.1 Å². The maximum Gasteiger partial charge on any atom is 0.182 e. The third-order valence-corrected chi connectivity index (χ3v) is 5.21. The van der Waals surface area contributed by atoms with Crippen LogP contribution >= 0.6 is 0 Å². The highest BCUT2D eigenvalue weighted by atomic mass is 16.1. The van der Waals surface area contributed by atoms with Gasteiger partial charge in [0.25, 0.3) is 0 Å². The van der Waals surface area contributed by atoms with Crippen molar-refractivity contribution < 1.29 is 7.65 Å². The normalized spacial score (nSPS) is 12.0. The number of ketones is 1. The molecule has 0 saturated carbocycles. The molecule has 1 aromatic carbocycles. The average molecular weight is 360 g/mol. The number of hydrogen-bond donors (Lipinski definition) is 1. The van der Waals surface area contributed by atoms with Gasteiger partial charge in [-0.15, -0.1) is 0 Å². The van der Waals surface area contributed by atoms with Crippen molar-refractivity contribution >= 4 is 5.78 Å². The van der Waals surface area contributed by atoms with E-state index in [9.17, 15) is 4.79 Å². The molecule has 0 aromatic heterocycles. The second-order valence-electron chi connectivity index (χ2n) is 9.26. The van der Waals surface area contributed by atoms with Gasteiger partial charge in [0.2, 0.25) is 0 Å².